The second kappa shape index (κ2) is 12.2. The van der Waals surface area contributed by atoms with Gasteiger partial charge in [-0.3, -0.25) is 14.4 Å². The predicted molar refractivity (Wildman–Crippen MR) is 132 cm³/mol. The van der Waals surface area contributed by atoms with Crippen molar-refractivity contribution in [2.75, 3.05) is 37.2 Å². The van der Waals surface area contributed by atoms with Crippen LogP contribution in [0.3, 0.4) is 0 Å². The molecule has 2 amide bonds. The zero-order chi connectivity index (χ0) is 26.9. The van der Waals surface area contributed by atoms with E-state index in [4.69, 9.17) is 10.5 Å². The number of benzene rings is 1. The fraction of sp³-hybridized carbons (Fsp3) is 0.304. The number of nitrogen functional groups attached to an aromatic ring is 1. The van der Waals surface area contributed by atoms with Crippen molar-refractivity contribution in [3.8, 4) is 0 Å². The van der Waals surface area contributed by atoms with Crippen LogP contribution >= 0.6 is 0 Å². The third kappa shape index (κ3) is 6.84. The lowest BCUT2D eigenvalue weighted by atomic mass is 10.1. The Kier molecular flexibility index (Phi) is 8.81. The molecule has 0 saturated heterocycles. The Balaban J connectivity index is 1.70. The van der Waals surface area contributed by atoms with Crippen molar-refractivity contribution in [3.05, 3.63) is 41.7 Å². The van der Waals surface area contributed by atoms with Crippen molar-refractivity contribution >= 4 is 52.9 Å². The van der Waals surface area contributed by atoms with E-state index in [9.17, 15) is 19.2 Å². The number of nitrogens with two attached hydrogens (primary N) is 1. The van der Waals surface area contributed by atoms with Gasteiger partial charge in [-0.15, -0.1) is 0 Å². The monoisotopic (exact) mass is 510 g/mol. The molecule has 0 fully saturated rings. The van der Waals surface area contributed by atoms with Gasteiger partial charge in [0.1, 0.15) is 6.04 Å². The van der Waals surface area contributed by atoms with Crippen LogP contribution in [-0.4, -0.2) is 71.5 Å². The summed E-state index contributed by atoms with van der Waals surface area (Å²) < 4.78 is 9.30. The molecule has 3 aromatic rings. The van der Waals surface area contributed by atoms with E-state index in [1.54, 1.807) is 30.5 Å². The number of rotatable bonds is 11. The van der Waals surface area contributed by atoms with E-state index in [0.717, 1.165) is 5.69 Å². The molecule has 0 spiro atoms. The van der Waals surface area contributed by atoms with Crippen molar-refractivity contribution in [2.24, 2.45) is 0 Å². The van der Waals surface area contributed by atoms with Crippen LogP contribution in [0.4, 0.5) is 17.5 Å². The van der Waals surface area contributed by atoms with Crippen molar-refractivity contribution in [2.45, 2.75) is 25.4 Å². The smallest absolute Gasteiger partial charge is 0.328 e. The average molecular weight is 511 g/mol. The van der Waals surface area contributed by atoms with Gasteiger partial charge < -0.3 is 30.7 Å². The third-order valence-electron chi connectivity index (χ3n) is 5.30. The molecule has 0 radical (unpaired) electrons. The van der Waals surface area contributed by atoms with E-state index in [0.29, 0.717) is 29.7 Å². The topological polar surface area (TPSA) is 192 Å². The summed E-state index contributed by atoms with van der Waals surface area (Å²) in [5.41, 5.74) is 7.84. The van der Waals surface area contributed by atoms with Crippen molar-refractivity contribution in [1.29, 1.82) is 0 Å². The van der Waals surface area contributed by atoms with E-state index in [1.807, 2.05) is 11.9 Å². The van der Waals surface area contributed by atoms with E-state index in [2.05, 4.69) is 35.3 Å². The first kappa shape index (κ1) is 26.7. The van der Waals surface area contributed by atoms with Crippen molar-refractivity contribution < 1.29 is 28.7 Å². The molecule has 1 atom stereocenters. The lowest BCUT2D eigenvalue weighted by Gasteiger charge is -2.20. The second-order valence-corrected chi connectivity index (χ2v) is 7.79. The lowest BCUT2D eigenvalue weighted by molar-refractivity contribution is -0.144. The summed E-state index contributed by atoms with van der Waals surface area (Å²) in [6.07, 6.45) is 2.00. The van der Waals surface area contributed by atoms with Gasteiger partial charge in [-0.05, 0) is 30.7 Å². The molecule has 0 bridgehead atoms. The number of aromatic nitrogens is 4. The number of fused-ring (bicyclic) bond motifs is 1. The SMILES string of the molecule is COC(=O)CCC(NC(=O)c1ccc(N(C)Cc2cnc3nc(N)nc(NC=O)c3n2)cc1)C(=O)OC. The fourth-order valence-electron chi connectivity index (χ4n) is 3.39. The van der Waals surface area contributed by atoms with Gasteiger partial charge in [0.25, 0.3) is 5.91 Å². The van der Waals surface area contributed by atoms with Crippen LogP contribution < -0.4 is 21.3 Å². The Labute approximate surface area is 211 Å². The first-order chi connectivity index (χ1) is 17.7. The number of esters is 2. The van der Waals surface area contributed by atoms with Gasteiger partial charge in [0.2, 0.25) is 12.4 Å². The second-order valence-electron chi connectivity index (χ2n) is 7.79. The molecule has 0 aliphatic rings. The summed E-state index contributed by atoms with van der Waals surface area (Å²) in [7, 11) is 4.27. The molecule has 37 heavy (non-hydrogen) atoms. The predicted octanol–water partition coefficient (Wildman–Crippen LogP) is 0.431. The van der Waals surface area contributed by atoms with Crippen molar-refractivity contribution in [1.82, 2.24) is 25.3 Å². The number of nitrogens with one attached hydrogen (secondary N) is 2. The molecular formula is C23H26N8O6. The molecule has 194 valence electrons. The van der Waals surface area contributed by atoms with E-state index >= 15 is 0 Å². The Bertz CT molecular complexity index is 1300. The number of nitrogens with zero attached hydrogens (tertiary/aromatic N) is 5. The number of ether oxygens (including phenoxy) is 2. The van der Waals surface area contributed by atoms with Crippen LogP contribution in [0, 0.1) is 0 Å². The summed E-state index contributed by atoms with van der Waals surface area (Å²) in [5.74, 6) is -1.54. The quantitative estimate of drug-likeness (QED) is 0.238. The molecule has 2 aromatic heterocycles. The third-order valence-corrected chi connectivity index (χ3v) is 5.30. The maximum absolute atomic E-state index is 12.7. The lowest BCUT2D eigenvalue weighted by Crippen LogP contribution is -2.41. The zero-order valence-corrected chi connectivity index (χ0v) is 20.4. The summed E-state index contributed by atoms with van der Waals surface area (Å²) in [6, 6.07) is 5.67. The van der Waals surface area contributed by atoms with Gasteiger partial charge in [-0.2, -0.15) is 9.97 Å². The molecule has 1 aromatic carbocycles. The summed E-state index contributed by atoms with van der Waals surface area (Å²) in [4.78, 5) is 65.6. The van der Waals surface area contributed by atoms with Crippen LogP contribution in [-0.2, 0) is 30.4 Å². The number of hydrogen-bond donors (Lipinski definition) is 3. The van der Waals surface area contributed by atoms with Crippen molar-refractivity contribution in [3.63, 3.8) is 0 Å². The highest BCUT2D eigenvalue weighted by Crippen LogP contribution is 2.20. The van der Waals surface area contributed by atoms with E-state index in [-0.39, 0.29) is 30.3 Å². The van der Waals surface area contributed by atoms with Gasteiger partial charge in [0, 0.05) is 24.7 Å². The number of methoxy groups -OCH3 is 2. The van der Waals surface area contributed by atoms with Gasteiger partial charge in [0.15, 0.2) is 17.0 Å². The Morgan fingerprint density at radius 2 is 1.84 bits per heavy atom. The number of carbonyl (C=O) groups excluding carboxylic acids is 4. The van der Waals surface area contributed by atoms with E-state index in [1.165, 1.54) is 14.2 Å². The first-order valence-corrected chi connectivity index (χ1v) is 11.0. The Hall–Kier alpha value is -4.88. The van der Waals surface area contributed by atoms with Crippen LogP contribution in [0.25, 0.3) is 11.2 Å². The maximum atomic E-state index is 12.7. The normalized spacial score (nSPS) is 11.3. The molecular weight excluding hydrogens is 484 g/mol. The minimum absolute atomic E-state index is 0.0403. The van der Waals surface area contributed by atoms with Gasteiger partial charge in [-0.1, -0.05) is 0 Å². The zero-order valence-electron chi connectivity index (χ0n) is 20.4. The summed E-state index contributed by atoms with van der Waals surface area (Å²) in [6.45, 7) is 0.345. The molecule has 0 saturated carbocycles. The summed E-state index contributed by atoms with van der Waals surface area (Å²) in [5, 5.41) is 5.03. The minimum atomic E-state index is -0.997. The molecule has 0 aliphatic heterocycles. The highest BCUT2D eigenvalue weighted by molar-refractivity contribution is 5.97. The Morgan fingerprint density at radius 1 is 1.11 bits per heavy atom. The highest BCUT2D eigenvalue weighted by atomic mass is 16.5. The number of amides is 2. The fourth-order valence-corrected chi connectivity index (χ4v) is 3.39. The van der Waals surface area contributed by atoms with Crippen LogP contribution in [0.5, 0.6) is 0 Å². The van der Waals surface area contributed by atoms with Crippen LogP contribution in [0.1, 0.15) is 28.9 Å². The Morgan fingerprint density at radius 3 is 2.49 bits per heavy atom. The summed E-state index contributed by atoms with van der Waals surface area (Å²) >= 11 is 0. The van der Waals surface area contributed by atoms with Gasteiger partial charge in [-0.25, -0.2) is 14.8 Å². The molecule has 14 heteroatoms. The van der Waals surface area contributed by atoms with Gasteiger partial charge >= 0.3 is 11.9 Å². The molecule has 1 unspecified atom stereocenters. The number of hydrogen-bond acceptors (Lipinski definition) is 12. The molecule has 4 N–H and O–H groups in total. The highest BCUT2D eigenvalue weighted by Gasteiger charge is 2.23. The first-order valence-electron chi connectivity index (χ1n) is 11.0. The largest absolute Gasteiger partial charge is 0.469 e. The molecule has 2 heterocycles. The molecule has 0 aliphatic carbocycles. The van der Waals surface area contributed by atoms with Gasteiger partial charge in [0.05, 0.1) is 32.7 Å². The van der Waals surface area contributed by atoms with E-state index < -0.39 is 23.9 Å². The van der Waals surface area contributed by atoms with Crippen LogP contribution in [0.2, 0.25) is 0 Å². The molecule has 14 nitrogen and oxygen atoms in total. The number of anilines is 3. The number of carbonyl (C=O) groups is 4. The maximum Gasteiger partial charge on any atom is 0.328 e. The standard InChI is InChI=1S/C23H26N8O6/c1-31(11-14-10-25-19-18(27-14)20(26-12-32)30-23(24)29-19)15-6-4-13(5-7-15)21(34)28-16(22(35)37-3)8-9-17(33)36-2/h4-7,10,12,16H,8-9,11H2,1-3H3,(H,28,34)(H3,24,25,26,29,30,32). The average Bonchev–Trinajstić information content (AvgIpc) is 2.90. The minimum Gasteiger partial charge on any atom is -0.469 e. The van der Waals surface area contributed by atoms with Crippen LogP contribution in [0.15, 0.2) is 30.5 Å². The molecule has 3 rings (SSSR count).